The van der Waals surface area contributed by atoms with Gasteiger partial charge in [0.1, 0.15) is 0 Å². The normalized spacial score (nSPS) is 9.88. The van der Waals surface area contributed by atoms with Gasteiger partial charge in [-0.1, -0.05) is 6.58 Å². The average Bonchev–Trinajstić information content (AvgIpc) is 1.30. The Kier molecular flexibility index (Phi) is 7.04. The molecule has 0 aliphatic rings. The van der Waals surface area contributed by atoms with Crippen LogP contribution in [0.1, 0.15) is 0 Å². The predicted molar refractivity (Wildman–Crippen MR) is 38.9 cm³/mol. The fourth-order valence-electron chi connectivity index (χ4n) is 0.387. The van der Waals surface area contributed by atoms with E-state index in [1.165, 1.54) is 0 Å². The Balaban J connectivity index is 0. The van der Waals surface area contributed by atoms with Crippen LogP contribution in [0.15, 0.2) is 12.7 Å². The minimum Gasteiger partial charge on any atom is -0.328 e. The second-order valence-corrected chi connectivity index (χ2v) is 2.76. The molecule has 0 radical (unpaired) electrons. The van der Waals surface area contributed by atoms with Crippen molar-refractivity contribution in [1.82, 2.24) is 0 Å². The summed E-state index contributed by atoms with van der Waals surface area (Å²) in [4.78, 5) is 0. The first-order valence-corrected chi connectivity index (χ1v) is 2.47. The summed E-state index contributed by atoms with van der Waals surface area (Å²) in [5.41, 5.74) is 0. The van der Waals surface area contributed by atoms with Crippen molar-refractivity contribution in [2.24, 2.45) is 0 Å². The molecule has 42 valence electrons. The summed E-state index contributed by atoms with van der Waals surface area (Å²) in [5.74, 6) is 0. The van der Waals surface area contributed by atoms with E-state index in [1.54, 1.807) is 0 Å². The molecule has 0 N–H and O–H groups in total. The summed E-state index contributed by atoms with van der Waals surface area (Å²) in [6.45, 7) is 4.67. The summed E-state index contributed by atoms with van der Waals surface area (Å²) in [7, 11) is 6.42. The summed E-state index contributed by atoms with van der Waals surface area (Å²) >= 11 is 0. The largest absolute Gasteiger partial charge is 2.00 e. The molecule has 0 saturated carbocycles. The molecule has 0 fully saturated rings. The van der Waals surface area contributed by atoms with Gasteiger partial charge in [-0.25, -0.2) is 0 Å². The van der Waals surface area contributed by atoms with Crippen molar-refractivity contribution in [2.75, 3.05) is 27.7 Å². The van der Waals surface area contributed by atoms with Crippen LogP contribution in [0.2, 0.25) is 0 Å². The van der Waals surface area contributed by atoms with Crippen LogP contribution in [0, 0.1) is 0 Å². The quantitative estimate of drug-likeness (QED) is 0.298. The zero-order chi connectivity index (χ0) is 5.91. The monoisotopic (exact) mass is 140 g/mol. The summed E-state index contributed by atoms with van der Waals surface area (Å²) in [6.07, 6.45) is 1.93. The maximum Gasteiger partial charge on any atom is 2.00 e. The van der Waals surface area contributed by atoms with E-state index in [2.05, 4.69) is 27.7 Å². The summed E-state index contributed by atoms with van der Waals surface area (Å²) < 4.78 is 0.976. The van der Waals surface area contributed by atoms with E-state index in [4.69, 9.17) is 0 Å². The Morgan fingerprint density at radius 2 is 1.75 bits per heavy atom. The number of rotatable bonds is 2. The molecule has 0 aromatic carbocycles. The molecule has 1 nitrogen and oxygen atoms in total. The van der Waals surface area contributed by atoms with Crippen molar-refractivity contribution >= 4 is 37.7 Å². The average molecular weight is 140 g/mol. The smallest absolute Gasteiger partial charge is 0.328 e. The van der Waals surface area contributed by atoms with Gasteiger partial charge in [0, 0.05) is 0 Å². The molecule has 8 heavy (non-hydrogen) atoms. The first-order valence-electron chi connectivity index (χ1n) is 2.47. The minimum atomic E-state index is 0. The molecule has 0 aromatic rings. The van der Waals surface area contributed by atoms with Gasteiger partial charge in [0.25, 0.3) is 0 Å². The Bertz CT molecular complexity index is 63.4. The third-order valence-electron chi connectivity index (χ3n) is 0.677. The van der Waals surface area contributed by atoms with Crippen molar-refractivity contribution in [2.45, 2.75) is 0 Å². The molecule has 0 aliphatic heterocycles. The first-order chi connectivity index (χ1) is 3.06. The van der Waals surface area contributed by atoms with Crippen LogP contribution in [0.25, 0.3) is 0 Å². The maximum absolute atomic E-state index is 3.63. The molecule has 0 heterocycles. The molecule has 0 saturated heterocycles. The van der Waals surface area contributed by atoms with Crippen LogP contribution in [0.4, 0.5) is 0 Å². The standard InChI is InChI=1S/C6H14N.Ca/c1-5-6-7(2,3)4;/h5H,1,6H2,2-4H3;/q+1;+2. The van der Waals surface area contributed by atoms with Crippen LogP contribution >= 0.6 is 0 Å². The van der Waals surface area contributed by atoms with Gasteiger partial charge in [-0.3, -0.25) is 0 Å². The molecule has 0 atom stereocenters. The molecule has 2 heteroatoms. The molecule has 0 amide bonds. The minimum absolute atomic E-state index is 0. The Morgan fingerprint density at radius 1 is 1.38 bits per heavy atom. The number of quaternary nitrogens is 1. The van der Waals surface area contributed by atoms with E-state index in [-0.39, 0.29) is 37.7 Å². The van der Waals surface area contributed by atoms with Gasteiger partial charge in [-0.15, -0.1) is 0 Å². The van der Waals surface area contributed by atoms with E-state index < -0.39 is 0 Å². The Hall–Kier alpha value is 0.960. The molecule has 0 spiro atoms. The third kappa shape index (κ3) is 10.0. The number of hydrogen-bond acceptors (Lipinski definition) is 0. The second kappa shape index (κ2) is 4.80. The zero-order valence-corrected chi connectivity index (χ0v) is 8.35. The van der Waals surface area contributed by atoms with Crippen LogP contribution in [0.5, 0.6) is 0 Å². The summed E-state index contributed by atoms with van der Waals surface area (Å²) in [6, 6.07) is 0. The van der Waals surface area contributed by atoms with Gasteiger partial charge in [0.2, 0.25) is 0 Å². The zero-order valence-electron chi connectivity index (χ0n) is 6.15. The fourth-order valence-corrected chi connectivity index (χ4v) is 0.387. The van der Waals surface area contributed by atoms with Crippen molar-refractivity contribution in [1.29, 1.82) is 0 Å². The number of likely N-dealkylation sites (N-methyl/N-ethyl adjacent to an activating group) is 1. The van der Waals surface area contributed by atoms with Gasteiger partial charge in [-0.2, -0.15) is 0 Å². The van der Waals surface area contributed by atoms with Crippen molar-refractivity contribution in [3.8, 4) is 0 Å². The van der Waals surface area contributed by atoms with E-state index in [9.17, 15) is 0 Å². The molecule has 0 rings (SSSR count). The Morgan fingerprint density at radius 3 is 1.75 bits per heavy atom. The van der Waals surface area contributed by atoms with Gasteiger partial charge in [0.15, 0.2) is 0 Å². The fraction of sp³-hybridized carbons (Fsp3) is 0.667. The third-order valence-corrected chi connectivity index (χ3v) is 0.677. The number of hydrogen-bond donors (Lipinski definition) is 0. The molecular formula is C6H14CaN+3. The summed E-state index contributed by atoms with van der Waals surface area (Å²) in [5, 5.41) is 0. The van der Waals surface area contributed by atoms with Crippen LogP contribution in [-0.4, -0.2) is 69.9 Å². The molecular weight excluding hydrogens is 126 g/mol. The van der Waals surface area contributed by atoms with E-state index in [0.29, 0.717) is 0 Å². The van der Waals surface area contributed by atoms with Crippen molar-refractivity contribution in [3.05, 3.63) is 12.7 Å². The number of nitrogens with zero attached hydrogens (tertiary/aromatic N) is 1. The van der Waals surface area contributed by atoms with E-state index in [1.807, 2.05) is 6.08 Å². The predicted octanol–water partition coefficient (Wildman–Crippen LogP) is 0.498. The van der Waals surface area contributed by atoms with Crippen LogP contribution in [0.3, 0.4) is 0 Å². The topological polar surface area (TPSA) is 0 Å². The van der Waals surface area contributed by atoms with Crippen LogP contribution < -0.4 is 0 Å². The molecule has 0 bridgehead atoms. The van der Waals surface area contributed by atoms with E-state index in [0.717, 1.165) is 11.0 Å². The van der Waals surface area contributed by atoms with Crippen molar-refractivity contribution < 1.29 is 4.48 Å². The van der Waals surface area contributed by atoms with E-state index >= 15 is 0 Å². The first kappa shape index (κ1) is 11.7. The van der Waals surface area contributed by atoms with Crippen molar-refractivity contribution in [3.63, 3.8) is 0 Å². The van der Waals surface area contributed by atoms with Gasteiger partial charge in [-0.05, 0) is 6.08 Å². The van der Waals surface area contributed by atoms with Gasteiger partial charge >= 0.3 is 37.7 Å². The van der Waals surface area contributed by atoms with Gasteiger partial charge in [0.05, 0.1) is 27.7 Å². The Labute approximate surface area is 82.0 Å². The maximum atomic E-state index is 3.63. The van der Waals surface area contributed by atoms with Gasteiger partial charge < -0.3 is 4.48 Å². The molecule has 0 aliphatic carbocycles. The second-order valence-electron chi connectivity index (χ2n) is 2.76. The van der Waals surface area contributed by atoms with Crippen LogP contribution in [-0.2, 0) is 0 Å². The molecule has 0 unspecified atom stereocenters. The SMILES string of the molecule is C=CC[N+](C)(C)C.[Ca+2]. The molecule has 0 aromatic heterocycles.